The molecule has 0 aliphatic heterocycles. The summed E-state index contributed by atoms with van der Waals surface area (Å²) in [6.07, 6.45) is 1.57. The van der Waals surface area contributed by atoms with Gasteiger partial charge in [-0.3, -0.25) is 4.79 Å². The van der Waals surface area contributed by atoms with Crippen molar-refractivity contribution >= 4 is 37.7 Å². The Hall–Kier alpha value is -1.19. The van der Waals surface area contributed by atoms with E-state index in [2.05, 4.69) is 36.3 Å². The first kappa shape index (κ1) is 16.9. The van der Waals surface area contributed by atoms with E-state index in [1.54, 1.807) is 26.2 Å². The Morgan fingerprint density at radius 2 is 2.15 bits per heavy atom. The minimum Gasteiger partial charge on any atom is -0.372 e. The summed E-state index contributed by atoms with van der Waals surface area (Å²) in [5, 5.41) is 5.36. The number of amides is 1. The number of hydrogen-bond acceptors (Lipinski definition) is 5. The van der Waals surface area contributed by atoms with Crippen LogP contribution in [0.2, 0.25) is 0 Å². The van der Waals surface area contributed by atoms with Gasteiger partial charge in [-0.1, -0.05) is 6.92 Å². The monoisotopic (exact) mass is 364 g/mol. The van der Waals surface area contributed by atoms with Gasteiger partial charge in [-0.2, -0.15) is 0 Å². The van der Waals surface area contributed by atoms with Crippen molar-refractivity contribution < 1.29 is 13.2 Å². The highest BCUT2D eigenvalue weighted by Crippen LogP contribution is 2.17. The molecule has 1 heterocycles. The van der Waals surface area contributed by atoms with Crippen LogP contribution in [0, 0.1) is 0 Å². The van der Waals surface area contributed by atoms with E-state index in [4.69, 9.17) is 0 Å². The molecule has 9 heteroatoms. The molecule has 0 fully saturated rings. The molecular weight excluding hydrogens is 348 g/mol. The molecule has 0 bridgehead atoms. The fourth-order valence-corrected chi connectivity index (χ4v) is 2.78. The predicted octanol–water partition coefficient (Wildman–Crippen LogP) is 0.555. The van der Waals surface area contributed by atoms with Gasteiger partial charge in [-0.15, -0.1) is 0 Å². The van der Waals surface area contributed by atoms with Gasteiger partial charge in [-0.25, -0.2) is 18.1 Å². The van der Waals surface area contributed by atoms with Gasteiger partial charge >= 0.3 is 0 Å². The van der Waals surface area contributed by atoms with Gasteiger partial charge in [0, 0.05) is 30.8 Å². The first-order valence-corrected chi connectivity index (χ1v) is 8.43. The molecule has 0 aliphatic rings. The molecule has 0 spiro atoms. The molecule has 0 saturated carbocycles. The Morgan fingerprint density at radius 1 is 1.45 bits per heavy atom. The number of anilines is 1. The van der Waals surface area contributed by atoms with Crippen LogP contribution in [0.25, 0.3) is 0 Å². The lowest BCUT2D eigenvalue weighted by Crippen LogP contribution is -2.34. The molecule has 1 aromatic rings. The summed E-state index contributed by atoms with van der Waals surface area (Å²) in [4.78, 5) is 16.0. The first-order chi connectivity index (χ1) is 9.39. The number of hydrogen-bond donors (Lipinski definition) is 3. The molecule has 0 aliphatic carbocycles. The second-order valence-electron chi connectivity index (χ2n) is 3.87. The molecule has 0 radical (unpaired) electrons. The second-order valence-corrected chi connectivity index (χ2v) is 6.71. The summed E-state index contributed by atoms with van der Waals surface area (Å²) in [6.45, 7) is 2.06. The minimum absolute atomic E-state index is 0.0316. The lowest BCUT2D eigenvalue weighted by Gasteiger charge is -2.10. The normalized spacial score (nSPS) is 11.2. The number of nitrogens with one attached hydrogen (secondary N) is 3. The minimum atomic E-state index is -3.34. The lowest BCUT2D eigenvalue weighted by atomic mass is 10.2. The largest absolute Gasteiger partial charge is 0.372 e. The van der Waals surface area contributed by atoms with Crippen LogP contribution in [0.1, 0.15) is 17.3 Å². The van der Waals surface area contributed by atoms with E-state index in [0.717, 1.165) is 0 Å². The van der Waals surface area contributed by atoms with Crippen molar-refractivity contribution in [3.8, 4) is 0 Å². The van der Waals surface area contributed by atoms with Crippen LogP contribution in [0.15, 0.2) is 16.7 Å². The summed E-state index contributed by atoms with van der Waals surface area (Å²) in [6, 6.07) is 1.62. The molecule has 112 valence electrons. The molecule has 0 unspecified atom stereocenters. The van der Waals surface area contributed by atoms with E-state index in [9.17, 15) is 13.2 Å². The summed E-state index contributed by atoms with van der Waals surface area (Å²) in [7, 11) is -1.68. The lowest BCUT2D eigenvalue weighted by molar-refractivity contribution is 0.0956. The zero-order valence-electron chi connectivity index (χ0n) is 11.2. The third kappa shape index (κ3) is 5.06. The smallest absolute Gasteiger partial charge is 0.255 e. The second kappa shape index (κ2) is 7.55. The number of nitrogens with zero attached hydrogens (tertiary/aromatic N) is 1. The highest BCUT2D eigenvalue weighted by molar-refractivity contribution is 9.10. The molecular formula is C11H17BrN4O3S. The Bertz CT molecular complexity index is 577. The van der Waals surface area contributed by atoms with Crippen LogP contribution in [-0.2, 0) is 10.0 Å². The van der Waals surface area contributed by atoms with Crippen LogP contribution >= 0.6 is 15.9 Å². The van der Waals surface area contributed by atoms with Gasteiger partial charge in [0.05, 0.1) is 11.3 Å². The standard InChI is InChI=1S/C11H17BrN4O3S/c1-3-16-20(18,19)5-4-14-11(17)9-6-8(12)7-15-10(9)13-2/h6-7,16H,3-5H2,1-2H3,(H,13,15)(H,14,17). The van der Waals surface area contributed by atoms with Crippen LogP contribution in [0.5, 0.6) is 0 Å². The molecule has 1 rings (SSSR count). The Morgan fingerprint density at radius 3 is 2.75 bits per heavy atom. The van der Waals surface area contributed by atoms with E-state index < -0.39 is 10.0 Å². The van der Waals surface area contributed by atoms with Crippen molar-refractivity contribution in [3.05, 3.63) is 22.3 Å². The van der Waals surface area contributed by atoms with Crippen molar-refractivity contribution in [3.63, 3.8) is 0 Å². The molecule has 20 heavy (non-hydrogen) atoms. The Labute approximate surface area is 126 Å². The maximum atomic E-state index is 12.0. The van der Waals surface area contributed by atoms with Crippen LogP contribution in [0.4, 0.5) is 5.82 Å². The fraction of sp³-hybridized carbons (Fsp3) is 0.455. The summed E-state index contributed by atoms with van der Waals surface area (Å²) in [5.74, 6) is -0.113. The quantitative estimate of drug-likeness (QED) is 0.656. The number of sulfonamides is 1. The molecule has 3 N–H and O–H groups in total. The van der Waals surface area contributed by atoms with E-state index in [0.29, 0.717) is 22.4 Å². The number of pyridine rings is 1. The van der Waals surface area contributed by atoms with Crippen LogP contribution in [-0.4, -0.2) is 45.2 Å². The number of aromatic nitrogens is 1. The van der Waals surface area contributed by atoms with Gasteiger partial charge in [0.15, 0.2) is 0 Å². The summed E-state index contributed by atoms with van der Waals surface area (Å²) >= 11 is 3.24. The van der Waals surface area contributed by atoms with Crippen LogP contribution in [0.3, 0.4) is 0 Å². The van der Waals surface area contributed by atoms with Crippen LogP contribution < -0.4 is 15.4 Å². The molecule has 0 saturated heterocycles. The number of carbonyl (C=O) groups excluding carboxylic acids is 1. The Kier molecular flexibility index (Phi) is 6.37. The van der Waals surface area contributed by atoms with Gasteiger partial charge in [-0.05, 0) is 22.0 Å². The molecule has 7 nitrogen and oxygen atoms in total. The number of halogens is 1. The van der Waals surface area contributed by atoms with Crippen molar-refractivity contribution in [2.75, 3.05) is 31.2 Å². The number of carbonyl (C=O) groups is 1. The van der Waals surface area contributed by atoms with Crippen molar-refractivity contribution in [2.45, 2.75) is 6.92 Å². The molecule has 1 aromatic heterocycles. The number of rotatable bonds is 7. The van der Waals surface area contributed by atoms with Gasteiger partial charge < -0.3 is 10.6 Å². The zero-order valence-corrected chi connectivity index (χ0v) is 13.6. The van der Waals surface area contributed by atoms with Crippen molar-refractivity contribution in [2.24, 2.45) is 0 Å². The third-order valence-corrected chi connectivity index (χ3v) is 4.26. The fourth-order valence-electron chi connectivity index (χ4n) is 1.50. The first-order valence-electron chi connectivity index (χ1n) is 5.98. The maximum Gasteiger partial charge on any atom is 0.255 e. The van der Waals surface area contributed by atoms with Gasteiger partial charge in [0.2, 0.25) is 10.0 Å². The Balaban J connectivity index is 2.66. The summed E-state index contributed by atoms with van der Waals surface area (Å²) < 4.78 is 25.9. The molecule has 0 aromatic carbocycles. The average Bonchev–Trinajstić information content (AvgIpc) is 2.38. The van der Waals surface area contributed by atoms with Crippen molar-refractivity contribution in [1.29, 1.82) is 0 Å². The van der Waals surface area contributed by atoms with E-state index in [1.165, 1.54) is 0 Å². The SMILES string of the molecule is CCNS(=O)(=O)CCNC(=O)c1cc(Br)cnc1NC. The predicted molar refractivity (Wildman–Crippen MR) is 81.3 cm³/mol. The highest BCUT2D eigenvalue weighted by Gasteiger charge is 2.14. The van der Waals surface area contributed by atoms with Crippen molar-refractivity contribution in [1.82, 2.24) is 15.0 Å². The average molecular weight is 365 g/mol. The van der Waals surface area contributed by atoms with E-state index >= 15 is 0 Å². The summed E-state index contributed by atoms with van der Waals surface area (Å²) in [5.41, 5.74) is 0.350. The molecule has 0 atom stereocenters. The zero-order chi connectivity index (χ0) is 15.2. The highest BCUT2D eigenvalue weighted by atomic mass is 79.9. The van der Waals surface area contributed by atoms with E-state index in [1.807, 2.05) is 0 Å². The van der Waals surface area contributed by atoms with E-state index in [-0.39, 0.29) is 18.2 Å². The molecule has 1 amide bonds. The van der Waals surface area contributed by atoms with Gasteiger partial charge in [0.1, 0.15) is 5.82 Å². The third-order valence-electron chi connectivity index (χ3n) is 2.36. The topological polar surface area (TPSA) is 100 Å². The van der Waals surface area contributed by atoms with Gasteiger partial charge in [0.25, 0.3) is 5.91 Å². The maximum absolute atomic E-state index is 12.0.